The first-order valence-electron chi connectivity index (χ1n) is 8.60. The van der Waals surface area contributed by atoms with E-state index in [1.54, 1.807) is 4.90 Å². The summed E-state index contributed by atoms with van der Waals surface area (Å²) in [6.07, 6.45) is 4.84. The Morgan fingerprint density at radius 3 is 2.26 bits per heavy atom. The van der Waals surface area contributed by atoms with Crippen molar-refractivity contribution >= 4 is 6.03 Å². The van der Waals surface area contributed by atoms with Crippen molar-refractivity contribution in [2.45, 2.75) is 51.1 Å². The Kier molecular flexibility index (Phi) is 5.69. The molecule has 1 N–H and O–H groups in total. The average Bonchev–Trinajstić information content (AvgIpc) is 3.02. The van der Waals surface area contributed by atoms with Crippen LogP contribution in [-0.2, 0) is 0 Å². The quantitative estimate of drug-likeness (QED) is 0.901. The van der Waals surface area contributed by atoms with Crippen molar-refractivity contribution < 1.29 is 4.79 Å². The highest BCUT2D eigenvalue weighted by Gasteiger charge is 2.36. The van der Waals surface area contributed by atoms with Crippen molar-refractivity contribution in [3.8, 4) is 0 Å². The molecule has 4 nitrogen and oxygen atoms in total. The largest absolute Gasteiger partial charge is 0.336 e. The van der Waals surface area contributed by atoms with Crippen LogP contribution in [0.2, 0.25) is 0 Å². The minimum absolute atomic E-state index is 0.00574. The van der Waals surface area contributed by atoms with Gasteiger partial charge in [-0.2, -0.15) is 0 Å². The highest BCUT2D eigenvalue weighted by atomic mass is 16.2. The van der Waals surface area contributed by atoms with Crippen molar-refractivity contribution in [3.05, 3.63) is 35.4 Å². The smallest absolute Gasteiger partial charge is 0.317 e. The minimum Gasteiger partial charge on any atom is -0.336 e. The first-order chi connectivity index (χ1) is 10.9. The second-order valence-corrected chi connectivity index (χ2v) is 7.18. The maximum Gasteiger partial charge on any atom is 0.317 e. The van der Waals surface area contributed by atoms with Crippen LogP contribution in [0.25, 0.3) is 0 Å². The van der Waals surface area contributed by atoms with Gasteiger partial charge in [-0.05, 0) is 46.3 Å². The van der Waals surface area contributed by atoms with E-state index in [1.807, 2.05) is 7.05 Å². The Balaban J connectivity index is 1.95. The van der Waals surface area contributed by atoms with Crippen molar-refractivity contribution in [1.29, 1.82) is 0 Å². The van der Waals surface area contributed by atoms with Gasteiger partial charge in [0.2, 0.25) is 0 Å². The molecule has 1 fully saturated rings. The summed E-state index contributed by atoms with van der Waals surface area (Å²) in [5.74, 6) is 0. The van der Waals surface area contributed by atoms with Gasteiger partial charge in [0.15, 0.2) is 0 Å². The lowest BCUT2D eigenvalue weighted by molar-refractivity contribution is 0.145. The molecule has 1 aliphatic rings. The summed E-state index contributed by atoms with van der Waals surface area (Å²) in [6.45, 7) is 4.87. The van der Waals surface area contributed by atoms with E-state index in [2.05, 4.69) is 62.4 Å². The summed E-state index contributed by atoms with van der Waals surface area (Å²) in [5.41, 5.74) is 2.53. The molecule has 1 atom stereocenters. The summed E-state index contributed by atoms with van der Waals surface area (Å²) in [7, 11) is 6.11. The van der Waals surface area contributed by atoms with E-state index in [0.717, 1.165) is 24.9 Å². The van der Waals surface area contributed by atoms with Crippen molar-refractivity contribution in [2.24, 2.45) is 0 Å². The van der Waals surface area contributed by atoms with Crippen LogP contribution in [0.1, 0.15) is 49.8 Å². The number of amides is 2. The fourth-order valence-electron chi connectivity index (χ4n) is 3.42. The van der Waals surface area contributed by atoms with E-state index in [1.165, 1.54) is 18.4 Å². The summed E-state index contributed by atoms with van der Waals surface area (Å²) in [4.78, 5) is 16.6. The molecule has 0 bridgehead atoms. The van der Waals surface area contributed by atoms with Crippen LogP contribution in [0.3, 0.4) is 0 Å². The van der Waals surface area contributed by atoms with E-state index in [-0.39, 0.29) is 17.6 Å². The number of carbonyl (C=O) groups excluding carboxylic acids is 1. The molecule has 0 aliphatic heterocycles. The molecule has 0 radical (unpaired) electrons. The number of urea groups is 1. The molecule has 1 aromatic rings. The molecular weight excluding hydrogens is 286 g/mol. The molecule has 2 rings (SSSR count). The van der Waals surface area contributed by atoms with Gasteiger partial charge < -0.3 is 15.1 Å². The Morgan fingerprint density at radius 1 is 1.17 bits per heavy atom. The molecule has 128 valence electrons. The van der Waals surface area contributed by atoms with Crippen LogP contribution in [-0.4, -0.2) is 49.1 Å². The number of carbonyl (C=O) groups is 1. The summed E-state index contributed by atoms with van der Waals surface area (Å²) >= 11 is 0. The second kappa shape index (κ2) is 7.35. The molecule has 0 saturated heterocycles. The van der Waals surface area contributed by atoms with Gasteiger partial charge in [-0.15, -0.1) is 0 Å². The zero-order valence-corrected chi connectivity index (χ0v) is 15.2. The van der Waals surface area contributed by atoms with Crippen molar-refractivity contribution in [1.82, 2.24) is 15.1 Å². The van der Waals surface area contributed by atoms with E-state index in [0.29, 0.717) is 0 Å². The molecule has 1 saturated carbocycles. The van der Waals surface area contributed by atoms with Crippen LogP contribution >= 0.6 is 0 Å². The zero-order chi connectivity index (χ0) is 17.0. The fraction of sp³-hybridized carbons (Fsp3) is 0.632. The maximum absolute atomic E-state index is 12.5. The summed E-state index contributed by atoms with van der Waals surface area (Å²) in [6, 6.07) is 8.46. The van der Waals surface area contributed by atoms with Gasteiger partial charge >= 0.3 is 6.03 Å². The number of hydrogen-bond acceptors (Lipinski definition) is 2. The van der Waals surface area contributed by atoms with Gasteiger partial charge in [0.1, 0.15) is 0 Å². The Labute approximate surface area is 140 Å². The predicted molar refractivity (Wildman–Crippen MR) is 95.6 cm³/mol. The second-order valence-electron chi connectivity index (χ2n) is 7.18. The molecular formula is C19H31N3O. The molecule has 1 aliphatic carbocycles. The average molecular weight is 317 g/mol. The van der Waals surface area contributed by atoms with Crippen LogP contribution in [0.5, 0.6) is 0 Å². The van der Waals surface area contributed by atoms with Crippen LogP contribution in [0.15, 0.2) is 24.3 Å². The van der Waals surface area contributed by atoms with Gasteiger partial charge in [-0.25, -0.2) is 4.79 Å². The number of hydrogen-bond donors (Lipinski definition) is 1. The Morgan fingerprint density at radius 2 is 1.74 bits per heavy atom. The lowest BCUT2D eigenvalue weighted by atomic mass is 9.96. The molecule has 0 heterocycles. The number of nitrogens with one attached hydrogen (secondary N) is 1. The molecule has 2 amide bonds. The molecule has 1 unspecified atom stereocenters. The highest BCUT2D eigenvalue weighted by Crippen LogP contribution is 2.33. The first-order valence-corrected chi connectivity index (χ1v) is 8.60. The SMILES string of the molecule is Cc1ccc(C(C)N(C)C(=O)NCC2(N(C)C)CCCC2)cc1. The van der Waals surface area contributed by atoms with Crippen molar-refractivity contribution in [3.63, 3.8) is 0 Å². The van der Waals surface area contributed by atoms with Crippen LogP contribution in [0, 0.1) is 6.92 Å². The minimum atomic E-state index is 0.00574. The standard InChI is InChI=1S/C19H31N3O/c1-15-8-10-17(11-9-15)16(2)22(5)18(23)20-14-19(21(3)4)12-6-7-13-19/h8-11,16H,6-7,12-14H2,1-5H3,(H,20,23). The van der Waals surface area contributed by atoms with E-state index in [9.17, 15) is 4.79 Å². The number of benzene rings is 1. The summed E-state index contributed by atoms with van der Waals surface area (Å²) in [5, 5.41) is 3.15. The lowest BCUT2D eigenvalue weighted by Crippen LogP contribution is -2.52. The third-order valence-corrected chi connectivity index (χ3v) is 5.51. The Hall–Kier alpha value is -1.55. The summed E-state index contributed by atoms with van der Waals surface area (Å²) < 4.78 is 0. The van der Waals surface area contributed by atoms with Gasteiger partial charge in [0.25, 0.3) is 0 Å². The van der Waals surface area contributed by atoms with Crippen LogP contribution < -0.4 is 5.32 Å². The molecule has 4 heteroatoms. The predicted octanol–water partition coefficient (Wildman–Crippen LogP) is 3.57. The van der Waals surface area contributed by atoms with Crippen molar-refractivity contribution in [2.75, 3.05) is 27.7 Å². The molecule has 1 aromatic carbocycles. The normalized spacial score (nSPS) is 18.0. The monoisotopic (exact) mass is 317 g/mol. The lowest BCUT2D eigenvalue weighted by Gasteiger charge is -2.37. The van der Waals surface area contributed by atoms with Gasteiger partial charge in [-0.3, -0.25) is 0 Å². The zero-order valence-electron chi connectivity index (χ0n) is 15.2. The Bertz CT molecular complexity index is 518. The topological polar surface area (TPSA) is 35.6 Å². The number of likely N-dealkylation sites (N-methyl/N-ethyl adjacent to an activating group) is 1. The van der Waals surface area contributed by atoms with E-state index in [4.69, 9.17) is 0 Å². The molecule has 0 aromatic heterocycles. The van der Waals surface area contributed by atoms with E-state index >= 15 is 0 Å². The number of nitrogens with zero attached hydrogens (tertiary/aromatic N) is 2. The van der Waals surface area contributed by atoms with Gasteiger partial charge in [0, 0.05) is 19.1 Å². The molecule has 23 heavy (non-hydrogen) atoms. The maximum atomic E-state index is 12.5. The third-order valence-electron chi connectivity index (χ3n) is 5.51. The van der Waals surface area contributed by atoms with E-state index < -0.39 is 0 Å². The van der Waals surface area contributed by atoms with Gasteiger partial charge in [-0.1, -0.05) is 42.7 Å². The number of rotatable bonds is 5. The van der Waals surface area contributed by atoms with Crippen LogP contribution in [0.4, 0.5) is 4.79 Å². The number of aryl methyl sites for hydroxylation is 1. The highest BCUT2D eigenvalue weighted by molar-refractivity contribution is 5.74. The first kappa shape index (κ1) is 17.8. The molecule has 0 spiro atoms. The fourth-order valence-corrected chi connectivity index (χ4v) is 3.42. The van der Waals surface area contributed by atoms with Gasteiger partial charge in [0.05, 0.1) is 6.04 Å². The third kappa shape index (κ3) is 4.05.